The second-order valence-corrected chi connectivity index (χ2v) is 6.35. The van der Waals surface area contributed by atoms with Crippen molar-refractivity contribution in [3.05, 3.63) is 16.7 Å². The van der Waals surface area contributed by atoms with Crippen LogP contribution >= 0.6 is 7.82 Å². The highest BCUT2D eigenvalue weighted by atomic mass is 31.2. The lowest BCUT2D eigenvalue weighted by Crippen LogP contribution is -2.33. The number of aromatic nitrogens is 4. The van der Waals surface area contributed by atoms with Crippen LogP contribution in [-0.4, -0.2) is 69.9 Å². The van der Waals surface area contributed by atoms with Gasteiger partial charge in [0.05, 0.1) is 12.9 Å². The number of phosphoric ester groups is 1. The number of nitrogens with two attached hydrogens (primary N) is 1. The zero-order chi connectivity index (χ0) is 17.6. The predicted molar refractivity (Wildman–Crippen MR) is 80.1 cm³/mol. The average molecular weight is 381 g/mol. The summed E-state index contributed by atoms with van der Waals surface area (Å²) in [5, 5.41) is 20.1. The maximum Gasteiger partial charge on any atom is 0.469 e. The topological polar surface area (TPSA) is 238 Å². The van der Waals surface area contributed by atoms with Gasteiger partial charge in [-0.05, 0) is 0 Å². The van der Waals surface area contributed by atoms with E-state index in [9.17, 15) is 19.6 Å². The molecule has 2 aromatic heterocycles. The molecule has 0 aromatic carbocycles. The van der Waals surface area contributed by atoms with Crippen LogP contribution < -0.4 is 11.3 Å². The Morgan fingerprint density at radius 2 is 2.08 bits per heavy atom. The summed E-state index contributed by atoms with van der Waals surface area (Å²) in [5.74, 6) is -0.177. The summed E-state index contributed by atoms with van der Waals surface area (Å²) < 4.78 is 21.6. The van der Waals surface area contributed by atoms with Gasteiger partial charge in [0.2, 0.25) is 5.95 Å². The van der Waals surface area contributed by atoms with E-state index in [0.717, 1.165) is 0 Å². The highest BCUT2D eigenvalue weighted by Gasteiger charge is 2.45. The zero-order valence-electron chi connectivity index (χ0n) is 12.4. The number of aromatic amines is 1. The molecule has 0 amide bonds. The Morgan fingerprint density at radius 1 is 1.40 bits per heavy atom. The number of ether oxygens (including phenoxy) is 1. The summed E-state index contributed by atoms with van der Waals surface area (Å²) in [5.41, 5.74) is 4.84. The number of aliphatic hydroxyl groups excluding tert-OH is 2. The third-order valence-corrected chi connectivity index (χ3v) is 3.95. The first-order valence-corrected chi connectivity index (χ1v) is 8.14. The van der Waals surface area contributed by atoms with E-state index in [-0.39, 0.29) is 22.6 Å². The molecule has 1 saturated heterocycles. The predicted octanol–water partition coefficient (Wildman–Crippen LogP) is -3.39. The Kier molecular flexibility index (Phi) is 5.27. The fourth-order valence-corrected chi connectivity index (χ4v) is 2.74. The van der Waals surface area contributed by atoms with Crippen molar-refractivity contribution in [2.24, 2.45) is 0 Å². The monoisotopic (exact) mass is 381 g/mol. The molecule has 2 aromatic rings. The van der Waals surface area contributed by atoms with Crippen LogP contribution in [0.25, 0.3) is 11.2 Å². The minimum Gasteiger partial charge on any atom is -0.412 e. The number of hydrogen-bond acceptors (Lipinski definition) is 9. The number of hydrogen-bond donors (Lipinski definition) is 6. The highest BCUT2D eigenvalue weighted by Crippen LogP contribution is 2.38. The molecule has 1 aliphatic heterocycles. The van der Waals surface area contributed by atoms with Crippen molar-refractivity contribution < 1.29 is 39.3 Å². The molecule has 0 saturated carbocycles. The minimum absolute atomic E-state index is 0. The van der Waals surface area contributed by atoms with Gasteiger partial charge in [-0.2, -0.15) is 4.98 Å². The van der Waals surface area contributed by atoms with Crippen LogP contribution in [0.15, 0.2) is 11.1 Å². The second-order valence-electron chi connectivity index (χ2n) is 5.11. The van der Waals surface area contributed by atoms with E-state index in [1.54, 1.807) is 0 Å². The van der Waals surface area contributed by atoms with E-state index >= 15 is 0 Å². The number of fused-ring (bicyclic) bond motifs is 1. The van der Waals surface area contributed by atoms with Crippen LogP contribution in [-0.2, 0) is 13.8 Å². The molecule has 3 heterocycles. The highest BCUT2D eigenvalue weighted by molar-refractivity contribution is 7.46. The lowest BCUT2D eigenvalue weighted by Gasteiger charge is -2.16. The molecule has 0 bridgehead atoms. The van der Waals surface area contributed by atoms with Gasteiger partial charge in [-0.1, -0.05) is 0 Å². The Balaban J connectivity index is 0.00000225. The zero-order valence-corrected chi connectivity index (χ0v) is 13.3. The van der Waals surface area contributed by atoms with Gasteiger partial charge in [-0.15, -0.1) is 0 Å². The first kappa shape index (κ1) is 19.4. The Morgan fingerprint density at radius 3 is 2.72 bits per heavy atom. The summed E-state index contributed by atoms with van der Waals surface area (Å²) in [6, 6.07) is 0. The van der Waals surface area contributed by atoms with E-state index in [0.29, 0.717) is 0 Å². The molecule has 1 aliphatic rings. The van der Waals surface area contributed by atoms with Crippen molar-refractivity contribution in [3.8, 4) is 0 Å². The van der Waals surface area contributed by atoms with Crippen LogP contribution in [0.1, 0.15) is 6.23 Å². The molecule has 14 nitrogen and oxygen atoms in total. The standard InChI is InChI=1S/C10H14N5O8P.H2O/c11-10-13-7-4(8(18)14-10)12-2-15(7)9-6(17)5(16)3(23-9)1-22-24(19,20)21;/h2-3,5-6,9,16-17H,1H2,(H2,19,20,21)(H3,11,13,14,18);1H2/t3-,5-,6-,9-;/m1./s1. The first-order chi connectivity index (χ1) is 11.2. The number of aliphatic hydroxyl groups is 2. The SMILES string of the molecule is Nc1nc2c(ncn2[C@@H]2O[C@H](COP(=O)(O)O)[C@@H](O)[C@H]2O)c(=O)[nH]1.O. The number of nitrogens with zero attached hydrogens (tertiary/aromatic N) is 3. The second kappa shape index (κ2) is 6.78. The summed E-state index contributed by atoms with van der Waals surface area (Å²) in [6.45, 7) is -0.651. The first-order valence-electron chi connectivity index (χ1n) is 6.61. The number of rotatable bonds is 4. The molecule has 1 fully saturated rings. The van der Waals surface area contributed by atoms with E-state index in [1.165, 1.54) is 10.9 Å². The van der Waals surface area contributed by atoms with E-state index in [2.05, 4.69) is 19.5 Å². The van der Waals surface area contributed by atoms with Gasteiger partial charge < -0.3 is 35.9 Å². The maximum atomic E-state index is 11.7. The smallest absolute Gasteiger partial charge is 0.412 e. The summed E-state index contributed by atoms with van der Waals surface area (Å²) in [4.78, 5) is 39.1. The van der Waals surface area contributed by atoms with Gasteiger partial charge >= 0.3 is 7.82 Å². The number of nitrogens with one attached hydrogen (secondary N) is 1. The van der Waals surface area contributed by atoms with Crippen LogP contribution in [0.3, 0.4) is 0 Å². The van der Waals surface area contributed by atoms with Crippen molar-refractivity contribution in [2.45, 2.75) is 24.5 Å². The van der Waals surface area contributed by atoms with E-state index in [4.69, 9.17) is 20.3 Å². The summed E-state index contributed by atoms with van der Waals surface area (Å²) in [7, 11) is -4.76. The molecular weight excluding hydrogens is 365 g/mol. The molecule has 4 atom stereocenters. The summed E-state index contributed by atoms with van der Waals surface area (Å²) >= 11 is 0. The average Bonchev–Trinajstić information content (AvgIpc) is 3.00. The van der Waals surface area contributed by atoms with Crippen molar-refractivity contribution in [3.63, 3.8) is 0 Å². The largest absolute Gasteiger partial charge is 0.469 e. The maximum absolute atomic E-state index is 11.7. The molecule has 3 rings (SSSR count). The molecule has 9 N–H and O–H groups in total. The van der Waals surface area contributed by atoms with E-state index in [1.807, 2.05) is 0 Å². The Hall–Kier alpha value is -1.90. The number of phosphoric acid groups is 1. The molecular formula is C10H16N5O9P. The third kappa shape index (κ3) is 3.70. The number of H-pyrrole nitrogens is 1. The number of imidazole rings is 1. The van der Waals surface area contributed by atoms with Crippen LogP contribution in [0.5, 0.6) is 0 Å². The van der Waals surface area contributed by atoms with Crippen molar-refractivity contribution in [1.29, 1.82) is 0 Å². The molecule has 25 heavy (non-hydrogen) atoms. The molecule has 140 valence electrons. The van der Waals surface area contributed by atoms with Gasteiger partial charge in [-0.25, -0.2) is 9.55 Å². The van der Waals surface area contributed by atoms with Gasteiger partial charge in [0.25, 0.3) is 5.56 Å². The van der Waals surface area contributed by atoms with Crippen molar-refractivity contribution in [1.82, 2.24) is 19.5 Å². The van der Waals surface area contributed by atoms with Gasteiger partial charge in [0.15, 0.2) is 17.4 Å². The Labute approximate surface area is 138 Å². The number of nitrogen functional groups attached to an aromatic ring is 1. The fraction of sp³-hybridized carbons (Fsp3) is 0.500. The minimum atomic E-state index is -4.76. The third-order valence-electron chi connectivity index (χ3n) is 3.47. The van der Waals surface area contributed by atoms with Crippen molar-refractivity contribution >= 4 is 24.9 Å². The molecule has 0 radical (unpaired) electrons. The molecule has 0 spiro atoms. The Bertz CT molecular complexity index is 862. The van der Waals surface area contributed by atoms with Crippen LogP contribution in [0, 0.1) is 0 Å². The lowest BCUT2D eigenvalue weighted by molar-refractivity contribution is -0.0503. The van der Waals surface area contributed by atoms with Gasteiger partial charge in [0, 0.05) is 0 Å². The normalized spacial score (nSPS) is 26.7. The summed E-state index contributed by atoms with van der Waals surface area (Å²) in [6.07, 6.45) is -4.22. The van der Waals surface area contributed by atoms with Gasteiger partial charge in [-0.3, -0.25) is 18.9 Å². The van der Waals surface area contributed by atoms with Crippen LogP contribution in [0.4, 0.5) is 5.95 Å². The lowest BCUT2D eigenvalue weighted by atomic mass is 10.1. The van der Waals surface area contributed by atoms with Crippen molar-refractivity contribution in [2.75, 3.05) is 12.3 Å². The van der Waals surface area contributed by atoms with Crippen LogP contribution in [0.2, 0.25) is 0 Å². The quantitative estimate of drug-likeness (QED) is 0.285. The van der Waals surface area contributed by atoms with E-state index < -0.39 is 44.5 Å². The molecule has 0 unspecified atom stereocenters. The number of anilines is 1. The van der Waals surface area contributed by atoms with Gasteiger partial charge in [0.1, 0.15) is 18.3 Å². The fourth-order valence-electron chi connectivity index (χ4n) is 2.40. The molecule has 0 aliphatic carbocycles. The molecule has 15 heteroatoms.